The molecule has 0 fully saturated rings. The Morgan fingerprint density at radius 3 is 2.53 bits per heavy atom. The number of carbonyl (C=O) groups is 1. The first-order chi connectivity index (χ1) is 8.22. The minimum Gasteiger partial charge on any atom is -0.475 e. The van der Waals surface area contributed by atoms with E-state index in [1.54, 1.807) is 0 Å². The van der Waals surface area contributed by atoms with Gasteiger partial charge in [-0.15, -0.1) is 0 Å². The normalized spacial score (nSPS) is 10.4. The molecule has 0 aliphatic rings. The Labute approximate surface area is 98.1 Å². The second kappa shape index (κ2) is 4.84. The summed E-state index contributed by atoms with van der Waals surface area (Å²) in [6.07, 6.45) is 1.73. The van der Waals surface area contributed by atoms with Gasteiger partial charge in [-0.05, 0) is 5.56 Å². The zero-order valence-corrected chi connectivity index (χ0v) is 9.09. The molecule has 1 aromatic carbocycles. The van der Waals surface area contributed by atoms with Crippen molar-refractivity contribution in [3.05, 3.63) is 59.0 Å². The number of aliphatic hydroxyl groups is 1. The summed E-state index contributed by atoms with van der Waals surface area (Å²) >= 11 is 0. The maximum absolute atomic E-state index is 11.0. The van der Waals surface area contributed by atoms with E-state index in [0.717, 1.165) is 5.56 Å². The Bertz CT molecular complexity index is 513. The van der Waals surface area contributed by atoms with Crippen molar-refractivity contribution in [2.75, 3.05) is 0 Å². The first kappa shape index (κ1) is 11.4. The Hall–Kier alpha value is -2.07. The predicted octanol–water partition coefficient (Wildman–Crippen LogP) is 2.06. The van der Waals surface area contributed by atoms with Crippen molar-refractivity contribution in [1.29, 1.82) is 0 Å². The predicted molar refractivity (Wildman–Crippen MR) is 60.8 cm³/mol. The van der Waals surface area contributed by atoms with E-state index >= 15 is 0 Å². The zero-order chi connectivity index (χ0) is 12.3. The molecule has 0 atom stereocenters. The molecular weight excluding hydrogens is 220 g/mol. The minimum atomic E-state index is -1.12. The molecule has 0 amide bonds. The number of carboxylic acid groups (broad SMARTS) is 1. The molecule has 0 radical (unpaired) electrons. The summed E-state index contributed by atoms with van der Waals surface area (Å²) in [7, 11) is 0. The Morgan fingerprint density at radius 2 is 1.94 bits per heavy atom. The topological polar surface area (TPSA) is 70.7 Å². The number of aliphatic hydroxyl groups excluding tert-OH is 1. The van der Waals surface area contributed by atoms with Gasteiger partial charge >= 0.3 is 5.97 Å². The quantitative estimate of drug-likeness (QED) is 0.846. The fraction of sp³-hybridized carbons (Fsp3) is 0.154. The molecule has 1 heterocycles. The molecule has 0 bridgehead atoms. The Kier molecular flexibility index (Phi) is 3.25. The lowest BCUT2D eigenvalue weighted by atomic mass is 10.0. The van der Waals surface area contributed by atoms with Crippen LogP contribution in [-0.4, -0.2) is 16.2 Å². The summed E-state index contributed by atoms with van der Waals surface area (Å²) in [5, 5.41) is 18.1. The summed E-state index contributed by atoms with van der Waals surface area (Å²) in [4.78, 5) is 11.0. The van der Waals surface area contributed by atoms with Crippen LogP contribution in [0.5, 0.6) is 0 Å². The lowest BCUT2D eigenvalue weighted by molar-refractivity contribution is 0.0661. The van der Waals surface area contributed by atoms with Gasteiger partial charge in [0.05, 0.1) is 12.9 Å². The minimum absolute atomic E-state index is 0.0992. The average Bonchev–Trinajstić information content (AvgIpc) is 2.73. The molecule has 4 heteroatoms. The van der Waals surface area contributed by atoms with Crippen molar-refractivity contribution in [3.8, 4) is 0 Å². The summed E-state index contributed by atoms with van der Waals surface area (Å²) in [5.74, 6) is -1.21. The highest BCUT2D eigenvalue weighted by Gasteiger charge is 2.18. The van der Waals surface area contributed by atoms with Crippen LogP contribution in [0.1, 0.15) is 27.2 Å². The molecule has 0 aliphatic carbocycles. The van der Waals surface area contributed by atoms with E-state index in [2.05, 4.69) is 0 Å². The highest BCUT2D eigenvalue weighted by atomic mass is 16.4. The van der Waals surface area contributed by atoms with Gasteiger partial charge in [0.15, 0.2) is 0 Å². The molecule has 1 aromatic heterocycles. The third kappa shape index (κ3) is 2.37. The number of benzene rings is 1. The Balaban J connectivity index is 2.37. The maximum Gasteiger partial charge on any atom is 0.372 e. The lowest BCUT2D eigenvalue weighted by Gasteiger charge is -2.02. The summed E-state index contributed by atoms with van der Waals surface area (Å²) in [6, 6.07) is 9.46. The van der Waals surface area contributed by atoms with Crippen LogP contribution in [0.15, 0.2) is 41.0 Å². The molecule has 0 spiro atoms. The van der Waals surface area contributed by atoms with Gasteiger partial charge in [0.2, 0.25) is 5.76 Å². The van der Waals surface area contributed by atoms with Crippen LogP contribution in [0, 0.1) is 0 Å². The zero-order valence-electron chi connectivity index (χ0n) is 9.09. The number of aromatic carboxylic acids is 1. The van der Waals surface area contributed by atoms with Crippen LogP contribution >= 0.6 is 0 Å². The summed E-state index contributed by atoms with van der Waals surface area (Å²) < 4.78 is 4.96. The standard InChI is InChI=1S/C13H12O4/c14-7-10-8-17-12(13(15)16)11(10)6-9-4-2-1-3-5-9/h1-5,8,14H,6-7H2,(H,15,16). The first-order valence-electron chi connectivity index (χ1n) is 5.19. The molecule has 0 unspecified atom stereocenters. The van der Waals surface area contributed by atoms with Crippen molar-refractivity contribution in [2.24, 2.45) is 0 Å². The van der Waals surface area contributed by atoms with Gasteiger partial charge in [0.1, 0.15) is 0 Å². The molecule has 17 heavy (non-hydrogen) atoms. The largest absolute Gasteiger partial charge is 0.475 e. The third-order valence-electron chi connectivity index (χ3n) is 2.57. The van der Waals surface area contributed by atoms with Crippen LogP contribution < -0.4 is 0 Å². The molecule has 2 aromatic rings. The van der Waals surface area contributed by atoms with Crippen molar-refractivity contribution < 1.29 is 19.4 Å². The number of hydrogen-bond acceptors (Lipinski definition) is 3. The second-order valence-electron chi connectivity index (χ2n) is 3.69. The number of rotatable bonds is 4. The lowest BCUT2D eigenvalue weighted by Crippen LogP contribution is -2.02. The average molecular weight is 232 g/mol. The molecule has 88 valence electrons. The van der Waals surface area contributed by atoms with Gasteiger partial charge in [-0.2, -0.15) is 0 Å². The van der Waals surface area contributed by atoms with Crippen LogP contribution in [0.3, 0.4) is 0 Å². The third-order valence-corrected chi connectivity index (χ3v) is 2.57. The van der Waals surface area contributed by atoms with Gasteiger partial charge in [0.25, 0.3) is 0 Å². The smallest absolute Gasteiger partial charge is 0.372 e. The van der Waals surface area contributed by atoms with Gasteiger partial charge in [-0.1, -0.05) is 30.3 Å². The molecule has 0 saturated carbocycles. The second-order valence-corrected chi connectivity index (χ2v) is 3.69. The van der Waals surface area contributed by atoms with Crippen molar-refractivity contribution in [1.82, 2.24) is 0 Å². The molecule has 0 aliphatic heterocycles. The monoisotopic (exact) mass is 232 g/mol. The molecular formula is C13H12O4. The molecule has 4 nitrogen and oxygen atoms in total. The number of furan rings is 1. The van der Waals surface area contributed by atoms with Crippen LogP contribution in [0.4, 0.5) is 0 Å². The van der Waals surface area contributed by atoms with E-state index in [-0.39, 0.29) is 12.4 Å². The fourth-order valence-electron chi connectivity index (χ4n) is 1.72. The van der Waals surface area contributed by atoms with E-state index in [0.29, 0.717) is 17.5 Å². The van der Waals surface area contributed by atoms with E-state index in [9.17, 15) is 4.79 Å². The molecule has 0 saturated heterocycles. The van der Waals surface area contributed by atoms with Crippen molar-refractivity contribution in [3.63, 3.8) is 0 Å². The SMILES string of the molecule is O=C(O)c1occ(CO)c1Cc1ccccc1. The van der Waals surface area contributed by atoms with Crippen LogP contribution in [-0.2, 0) is 13.0 Å². The summed E-state index contributed by atoms with van der Waals surface area (Å²) in [6.45, 7) is -0.223. The number of carboxylic acids is 1. The van der Waals surface area contributed by atoms with Gasteiger partial charge in [0, 0.05) is 17.5 Å². The fourth-order valence-corrected chi connectivity index (χ4v) is 1.72. The highest BCUT2D eigenvalue weighted by molar-refractivity contribution is 5.86. The molecule has 2 N–H and O–H groups in total. The van der Waals surface area contributed by atoms with Crippen molar-refractivity contribution in [2.45, 2.75) is 13.0 Å². The highest BCUT2D eigenvalue weighted by Crippen LogP contribution is 2.21. The van der Waals surface area contributed by atoms with Gasteiger partial charge in [-0.25, -0.2) is 4.79 Å². The maximum atomic E-state index is 11.0. The molecule has 2 rings (SSSR count). The van der Waals surface area contributed by atoms with Gasteiger partial charge in [-0.3, -0.25) is 0 Å². The van der Waals surface area contributed by atoms with E-state index < -0.39 is 5.97 Å². The summed E-state index contributed by atoms with van der Waals surface area (Å²) in [5.41, 5.74) is 2.03. The van der Waals surface area contributed by atoms with E-state index in [1.807, 2.05) is 30.3 Å². The van der Waals surface area contributed by atoms with Crippen molar-refractivity contribution >= 4 is 5.97 Å². The number of hydrogen-bond donors (Lipinski definition) is 2. The van der Waals surface area contributed by atoms with E-state index in [1.165, 1.54) is 6.26 Å². The Morgan fingerprint density at radius 1 is 1.24 bits per heavy atom. The first-order valence-corrected chi connectivity index (χ1v) is 5.19. The van der Waals surface area contributed by atoms with Crippen LogP contribution in [0.2, 0.25) is 0 Å². The van der Waals surface area contributed by atoms with Crippen LogP contribution in [0.25, 0.3) is 0 Å². The van der Waals surface area contributed by atoms with Gasteiger partial charge < -0.3 is 14.6 Å². The van der Waals surface area contributed by atoms with E-state index in [4.69, 9.17) is 14.6 Å².